The lowest BCUT2D eigenvalue weighted by molar-refractivity contribution is 0.0511. The van der Waals surface area contributed by atoms with Crippen molar-refractivity contribution in [3.8, 4) is 11.5 Å². The molecule has 30 heavy (non-hydrogen) atoms. The Morgan fingerprint density at radius 2 is 1.87 bits per heavy atom. The Labute approximate surface area is 195 Å². The molecule has 7 nitrogen and oxygen atoms in total. The Bertz CT molecular complexity index is 776. The summed E-state index contributed by atoms with van der Waals surface area (Å²) in [7, 11) is 1.88. The lowest BCUT2D eigenvalue weighted by atomic mass is 9.74. The van der Waals surface area contributed by atoms with Crippen LogP contribution in [0.4, 0.5) is 0 Å². The van der Waals surface area contributed by atoms with E-state index in [1.165, 1.54) is 18.4 Å². The minimum Gasteiger partial charge on any atom is -0.454 e. The van der Waals surface area contributed by atoms with Crippen LogP contribution < -0.4 is 14.8 Å². The molecule has 1 spiro atoms. The average Bonchev–Trinajstić information content (AvgIpc) is 3.51. The third-order valence-electron chi connectivity index (χ3n) is 7.15. The summed E-state index contributed by atoms with van der Waals surface area (Å²) in [6.45, 7) is 6.56. The minimum atomic E-state index is 0. The van der Waals surface area contributed by atoms with Gasteiger partial charge in [-0.1, -0.05) is 6.07 Å². The van der Waals surface area contributed by atoms with Gasteiger partial charge in [0.05, 0.1) is 6.61 Å². The highest BCUT2D eigenvalue weighted by atomic mass is 127. The van der Waals surface area contributed by atoms with Gasteiger partial charge in [-0.05, 0) is 43.4 Å². The van der Waals surface area contributed by atoms with Gasteiger partial charge in [0.1, 0.15) is 0 Å². The zero-order valence-electron chi connectivity index (χ0n) is 17.7. The maximum Gasteiger partial charge on any atom is 0.231 e. The van der Waals surface area contributed by atoms with Crippen molar-refractivity contribution in [1.29, 1.82) is 0 Å². The molecule has 4 aliphatic heterocycles. The number of benzene rings is 1. The van der Waals surface area contributed by atoms with Gasteiger partial charge in [-0.25, -0.2) is 0 Å². The van der Waals surface area contributed by atoms with Crippen molar-refractivity contribution in [2.75, 3.05) is 59.9 Å². The van der Waals surface area contributed by atoms with Crippen molar-refractivity contribution >= 4 is 29.9 Å². The van der Waals surface area contributed by atoms with E-state index in [1.807, 2.05) is 13.1 Å². The number of aliphatic imine (C=N–C) groups is 1. The van der Waals surface area contributed by atoms with Gasteiger partial charge in [0.25, 0.3) is 0 Å². The topological polar surface area (TPSA) is 64.6 Å². The van der Waals surface area contributed by atoms with E-state index in [1.54, 1.807) is 0 Å². The summed E-state index contributed by atoms with van der Waals surface area (Å²) in [5.41, 5.74) is 1.61. The molecule has 1 unspecified atom stereocenters. The molecule has 4 aliphatic rings. The van der Waals surface area contributed by atoms with E-state index < -0.39 is 0 Å². The fraction of sp³-hybridized carbons (Fsp3) is 0.682. The standard InChI is InChI=1S/C22H31N3O4.HI/c1-23-20(25-8-4-21(14-25)5-9-27-15-21)24-13-22(6-10-26-11-7-22)17-2-3-18-19(12-17)29-16-28-18;/h2-3,12H,4-11,13-16H2,1H3,(H,23,24);1H. The van der Waals surface area contributed by atoms with Gasteiger partial charge < -0.3 is 29.2 Å². The highest BCUT2D eigenvalue weighted by Crippen LogP contribution is 2.41. The largest absolute Gasteiger partial charge is 0.454 e. The number of ether oxygens (including phenoxy) is 4. The molecule has 0 amide bonds. The molecule has 0 aliphatic carbocycles. The number of halogens is 1. The molecular weight excluding hydrogens is 497 g/mol. The van der Waals surface area contributed by atoms with E-state index in [0.717, 1.165) is 76.4 Å². The number of nitrogens with zero attached hydrogens (tertiary/aromatic N) is 2. The maximum absolute atomic E-state index is 5.70. The zero-order chi connectivity index (χ0) is 19.7. The van der Waals surface area contributed by atoms with Gasteiger partial charge in [0.2, 0.25) is 6.79 Å². The van der Waals surface area contributed by atoms with Crippen LogP contribution in [-0.4, -0.2) is 70.8 Å². The van der Waals surface area contributed by atoms with Crippen molar-refractivity contribution in [1.82, 2.24) is 10.2 Å². The molecule has 1 N–H and O–H groups in total. The van der Waals surface area contributed by atoms with E-state index in [2.05, 4.69) is 27.3 Å². The molecule has 0 aromatic heterocycles. The van der Waals surface area contributed by atoms with Crippen LogP contribution in [0.25, 0.3) is 0 Å². The predicted molar refractivity (Wildman–Crippen MR) is 125 cm³/mol. The Morgan fingerprint density at radius 1 is 1.07 bits per heavy atom. The molecule has 8 heteroatoms. The first kappa shape index (κ1) is 22.0. The zero-order valence-corrected chi connectivity index (χ0v) is 20.0. The number of fused-ring (bicyclic) bond motifs is 1. The minimum absolute atomic E-state index is 0. The number of likely N-dealkylation sites (tertiary alicyclic amines) is 1. The molecule has 166 valence electrons. The molecule has 1 aromatic carbocycles. The third-order valence-corrected chi connectivity index (χ3v) is 7.15. The fourth-order valence-electron chi connectivity index (χ4n) is 5.22. The van der Waals surface area contributed by atoms with Crippen LogP contribution in [0.15, 0.2) is 23.2 Å². The van der Waals surface area contributed by atoms with Crippen molar-refractivity contribution in [2.24, 2.45) is 10.4 Å². The highest BCUT2D eigenvalue weighted by Gasteiger charge is 2.43. The van der Waals surface area contributed by atoms with Gasteiger partial charge in [-0.2, -0.15) is 0 Å². The Kier molecular flexibility index (Phi) is 6.64. The van der Waals surface area contributed by atoms with Crippen molar-refractivity contribution < 1.29 is 18.9 Å². The van der Waals surface area contributed by atoms with Crippen LogP contribution in [0, 0.1) is 5.41 Å². The van der Waals surface area contributed by atoms with E-state index in [4.69, 9.17) is 18.9 Å². The van der Waals surface area contributed by atoms with Crippen LogP contribution in [0.3, 0.4) is 0 Å². The summed E-state index contributed by atoms with van der Waals surface area (Å²) in [6.07, 6.45) is 4.32. The predicted octanol–water partition coefficient (Wildman–Crippen LogP) is 2.77. The SMILES string of the molecule is CN=C(NCC1(c2ccc3c(c2)OCO3)CCOCC1)N1CCC2(CCOC2)C1.I. The van der Waals surface area contributed by atoms with Gasteiger partial charge in [-0.3, -0.25) is 4.99 Å². The van der Waals surface area contributed by atoms with Crippen LogP contribution in [0.1, 0.15) is 31.2 Å². The van der Waals surface area contributed by atoms with Crippen molar-refractivity contribution in [2.45, 2.75) is 31.1 Å². The second-order valence-corrected chi connectivity index (χ2v) is 8.84. The number of hydrogen-bond donors (Lipinski definition) is 1. The number of guanidine groups is 1. The monoisotopic (exact) mass is 529 g/mol. The van der Waals surface area contributed by atoms with E-state index in [0.29, 0.717) is 12.2 Å². The lowest BCUT2D eigenvalue weighted by Crippen LogP contribution is -2.49. The highest BCUT2D eigenvalue weighted by molar-refractivity contribution is 14.0. The molecule has 5 rings (SSSR count). The molecule has 4 heterocycles. The first-order valence-electron chi connectivity index (χ1n) is 10.7. The average molecular weight is 529 g/mol. The summed E-state index contributed by atoms with van der Waals surface area (Å²) in [4.78, 5) is 7.01. The maximum atomic E-state index is 5.70. The molecule has 1 aromatic rings. The van der Waals surface area contributed by atoms with E-state index >= 15 is 0 Å². The number of nitrogens with one attached hydrogen (secondary N) is 1. The summed E-state index contributed by atoms with van der Waals surface area (Å²) in [6, 6.07) is 6.37. The summed E-state index contributed by atoms with van der Waals surface area (Å²) < 4.78 is 22.5. The van der Waals surface area contributed by atoms with Gasteiger partial charge in [0.15, 0.2) is 17.5 Å². The number of rotatable bonds is 3. The normalized spacial score (nSPS) is 27.4. The second kappa shape index (κ2) is 9.08. The first-order chi connectivity index (χ1) is 14.2. The molecule has 0 bridgehead atoms. The summed E-state index contributed by atoms with van der Waals surface area (Å²) >= 11 is 0. The van der Waals surface area contributed by atoms with Gasteiger partial charge in [-0.15, -0.1) is 24.0 Å². The van der Waals surface area contributed by atoms with Crippen LogP contribution in [0.2, 0.25) is 0 Å². The Morgan fingerprint density at radius 3 is 2.63 bits per heavy atom. The molecule has 0 radical (unpaired) electrons. The molecule has 3 saturated heterocycles. The van der Waals surface area contributed by atoms with Crippen LogP contribution >= 0.6 is 24.0 Å². The smallest absolute Gasteiger partial charge is 0.231 e. The van der Waals surface area contributed by atoms with Crippen molar-refractivity contribution in [3.05, 3.63) is 23.8 Å². The lowest BCUT2D eigenvalue weighted by Gasteiger charge is -2.39. The van der Waals surface area contributed by atoms with Gasteiger partial charge >= 0.3 is 0 Å². The molecule has 3 fully saturated rings. The van der Waals surface area contributed by atoms with Crippen LogP contribution in [-0.2, 0) is 14.9 Å². The van der Waals surface area contributed by atoms with E-state index in [-0.39, 0.29) is 29.4 Å². The van der Waals surface area contributed by atoms with Gasteiger partial charge in [0, 0.05) is 57.3 Å². The fourth-order valence-corrected chi connectivity index (χ4v) is 5.22. The molecule has 1 atom stereocenters. The van der Waals surface area contributed by atoms with Crippen molar-refractivity contribution in [3.63, 3.8) is 0 Å². The number of hydrogen-bond acceptors (Lipinski definition) is 5. The van der Waals surface area contributed by atoms with E-state index in [9.17, 15) is 0 Å². The molecule has 0 saturated carbocycles. The Balaban J connectivity index is 0.00000218. The molecular formula is C22H32IN3O4. The second-order valence-electron chi connectivity index (χ2n) is 8.84. The van der Waals surface area contributed by atoms with Crippen LogP contribution in [0.5, 0.6) is 11.5 Å². The quantitative estimate of drug-likeness (QED) is 0.369. The first-order valence-corrected chi connectivity index (χ1v) is 10.7. The Hall–Kier alpha value is -1.26. The third kappa shape index (κ3) is 4.10. The summed E-state index contributed by atoms with van der Waals surface area (Å²) in [5.74, 6) is 2.68. The summed E-state index contributed by atoms with van der Waals surface area (Å²) in [5, 5.41) is 3.70.